The molecule has 2 aliphatic rings. The van der Waals surface area contributed by atoms with Crippen molar-refractivity contribution in [2.75, 3.05) is 25.4 Å². The number of amides is 3. The molecule has 0 saturated carbocycles. The van der Waals surface area contributed by atoms with Gasteiger partial charge in [0.15, 0.2) is 17.9 Å². The summed E-state index contributed by atoms with van der Waals surface area (Å²) in [5.41, 5.74) is 9.28. The first kappa shape index (κ1) is 34.4. The Balaban J connectivity index is 1.30. The zero-order chi connectivity index (χ0) is 35.2. The van der Waals surface area contributed by atoms with Crippen LogP contribution < -0.4 is 31.5 Å². The molecule has 4 heterocycles. The summed E-state index contributed by atoms with van der Waals surface area (Å²) in [6.45, 7) is 3.38. The topological polar surface area (TPSA) is 287 Å². The van der Waals surface area contributed by atoms with Gasteiger partial charge in [-0.1, -0.05) is 5.16 Å². The van der Waals surface area contributed by atoms with Gasteiger partial charge in [0.2, 0.25) is 21.8 Å². The fourth-order valence-electron chi connectivity index (χ4n) is 5.11. The Labute approximate surface area is 276 Å². The highest BCUT2D eigenvalue weighted by Crippen LogP contribution is 2.33. The van der Waals surface area contributed by atoms with E-state index in [1.165, 1.54) is 19.2 Å². The molecule has 2 saturated heterocycles. The van der Waals surface area contributed by atoms with Gasteiger partial charge >= 0.3 is 5.97 Å². The van der Waals surface area contributed by atoms with Gasteiger partial charge in [-0.25, -0.2) is 18.2 Å². The number of nitrogens with one attached hydrogen (secondary N) is 2. The molecular formula is C26H31N9O11S2. The van der Waals surface area contributed by atoms with E-state index in [1.54, 1.807) is 18.2 Å². The molecule has 20 nitrogen and oxygen atoms in total. The normalized spacial score (nSPS) is 19.2. The van der Waals surface area contributed by atoms with Crippen LogP contribution in [0.1, 0.15) is 19.5 Å². The molecule has 0 bridgehead atoms. The third kappa shape index (κ3) is 6.73. The Morgan fingerprint density at radius 1 is 1.33 bits per heavy atom. The minimum atomic E-state index is -5.28. The summed E-state index contributed by atoms with van der Waals surface area (Å²) < 4.78 is 46.6. The van der Waals surface area contributed by atoms with Crippen LogP contribution in [-0.4, -0.2) is 99.6 Å². The van der Waals surface area contributed by atoms with E-state index in [2.05, 4.69) is 25.1 Å². The van der Waals surface area contributed by atoms with E-state index in [0.29, 0.717) is 24.7 Å². The zero-order valence-corrected chi connectivity index (χ0v) is 27.2. The summed E-state index contributed by atoms with van der Waals surface area (Å²) in [6, 6.07) is 3.67. The summed E-state index contributed by atoms with van der Waals surface area (Å²) in [5, 5.41) is 21.3. The number of aliphatic carboxylic acids is 1. The number of thiazole rings is 1. The molecule has 0 spiro atoms. The third-order valence-electron chi connectivity index (χ3n) is 7.98. The molecule has 2 aromatic heterocycles. The molecule has 2 atom stereocenters. The lowest BCUT2D eigenvalue weighted by Gasteiger charge is -2.51. The van der Waals surface area contributed by atoms with Gasteiger partial charge in [0.25, 0.3) is 17.9 Å². The smallest absolute Gasteiger partial charge is 0.351 e. The number of ether oxygens (including phenoxy) is 1. The van der Waals surface area contributed by atoms with E-state index in [-0.39, 0.29) is 16.6 Å². The number of hydrogen-bond donors (Lipinski definition) is 5. The van der Waals surface area contributed by atoms with Crippen molar-refractivity contribution >= 4 is 67.2 Å². The predicted molar refractivity (Wildman–Crippen MR) is 162 cm³/mol. The SMILES string of the molecule is C[n+]1c2ccc(OCC(O/N=C(\C(=O)N[C@@H]3C(=O)N(OS(=O)(=O)[O-])C3(C)C)c3csc(N)n3)C(=O)O)cc2cn1CC1(C(N)=O)CNC1. The van der Waals surface area contributed by atoms with Gasteiger partial charge in [-0.3, -0.25) is 14.4 Å². The van der Waals surface area contributed by atoms with Gasteiger partial charge in [-0.05, 0) is 26.0 Å². The molecule has 22 heteroatoms. The highest BCUT2D eigenvalue weighted by Gasteiger charge is 2.57. The Morgan fingerprint density at radius 3 is 2.58 bits per heavy atom. The summed E-state index contributed by atoms with van der Waals surface area (Å²) in [5.74, 6) is -3.70. The van der Waals surface area contributed by atoms with Gasteiger partial charge in [-0.15, -0.1) is 16.0 Å². The first-order chi connectivity index (χ1) is 22.4. The average molecular weight is 710 g/mol. The average Bonchev–Trinajstić information content (AvgIpc) is 3.54. The Bertz CT molecular complexity index is 1940. The number of fused-ring (bicyclic) bond motifs is 1. The number of aromatic nitrogens is 3. The third-order valence-corrected chi connectivity index (χ3v) is 8.99. The molecule has 0 aliphatic carbocycles. The summed E-state index contributed by atoms with van der Waals surface area (Å²) in [7, 11) is -3.46. The number of nitrogen functional groups attached to an aromatic ring is 1. The second kappa shape index (κ2) is 12.6. The number of aryl methyl sites for hydroxylation is 1. The predicted octanol–water partition coefficient (Wildman–Crippen LogP) is -2.67. The van der Waals surface area contributed by atoms with Gasteiger partial charge < -0.3 is 41.3 Å². The minimum absolute atomic E-state index is 0.0377. The van der Waals surface area contributed by atoms with Crippen molar-refractivity contribution in [3.8, 4) is 5.75 Å². The number of benzene rings is 1. The number of rotatable bonds is 14. The second-order valence-electron chi connectivity index (χ2n) is 11.6. The molecule has 5 rings (SSSR count). The molecule has 3 amide bonds. The number of carbonyl (C=O) groups excluding carboxylic acids is 3. The number of oxime groups is 1. The van der Waals surface area contributed by atoms with Crippen molar-refractivity contribution in [1.82, 2.24) is 25.4 Å². The highest BCUT2D eigenvalue weighted by molar-refractivity contribution is 7.80. The molecule has 2 aliphatic heterocycles. The summed E-state index contributed by atoms with van der Waals surface area (Å²) in [6.07, 6.45) is 0.0826. The lowest BCUT2D eigenvalue weighted by atomic mass is 9.81. The molecule has 2 fully saturated rings. The fourth-order valence-corrected chi connectivity index (χ4v) is 6.11. The van der Waals surface area contributed by atoms with E-state index >= 15 is 0 Å². The van der Waals surface area contributed by atoms with E-state index in [4.69, 9.17) is 21.0 Å². The number of hydrogen-bond acceptors (Lipinski definition) is 15. The number of nitrogens with two attached hydrogens (primary N) is 2. The quantitative estimate of drug-likeness (QED) is 0.0285. The number of carbonyl (C=O) groups is 4. The number of anilines is 1. The van der Waals surface area contributed by atoms with Crippen LogP contribution in [0.4, 0.5) is 5.13 Å². The van der Waals surface area contributed by atoms with Crippen molar-refractivity contribution in [2.24, 2.45) is 23.4 Å². The molecule has 1 aromatic carbocycles. The van der Waals surface area contributed by atoms with E-state index in [9.17, 15) is 37.3 Å². The monoisotopic (exact) mass is 709 g/mol. The largest absolute Gasteiger partial charge is 0.724 e. The maximum Gasteiger partial charge on any atom is 0.351 e. The number of hydroxylamine groups is 2. The molecule has 258 valence electrons. The lowest BCUT2D eigenvalue weighted by Crippen LogP contribution is -2.76. The standard InChI is InChI=1S/C26H31N9O11S2/c1-25(2)19(21(37)35(25)46-48(41,42)43)31-20(36)18(15-9-47-24(28)30-15)32-45-17(22(38)39)8-44-14-4-5-16-13(6-14)7-34(33(16)3)12-26(23(27)40)10-29-11-26/h4-7,9,17,19,29H,8,10-12H2,1-3H3,(H6-,27,28,30,31,36,38,39,40,41,42,43)/b32-18-/t17?,19-/m1/s1. The first-order valence-corrected chi connectivity index (χ1v) is 16.2. The van der Waals surface area contributed by atoms with Gasteiger partial charge in [0, 0.05) is 24.5 Å². The lowest BCUT2D eigenvalue weighted by molar-refractivity contribution is -0.731. The van der Waals surface area contributed by atoms with Crippen molar-refractivity contribution in [3.63, 3.8) is 0 Å². The maximum atomic E-state index is 13.2. The van der Waals surface area contributed by atoms with Gasteiger partial charge in [0.05, 0.1) is 29.1 Å². The minimum Gasteiger partial charge on any atom is -0.724 e. The maximum absolute atomic E-state index is 13.2. The van der Waals surface area contributed by atoms with Gasteiger partial charge in [0.1, 0.15) is 24.1 Å². The van der Waals surface area contributed by atoms with Crippen LogP contribution in [0.2, 0.25) is 0 Å². The van der Waals surface area contributed by atoms with Crippen LogP contribution in [0, 0.1) is 5.41 Å². The Morgan fingerprint density at radius 2 is 2.04 bits per heavy atom. The van der Waals surface area contributed by atoms with Crippen molar-refractivity contribution in [3.05, 3.63) is 35.5 Å². The molecule has 1 unspecified atom stereocenters. The number of carboxylic acid groups (broad SMARTS) is 1. The Hall–Kier alpha value is -4.90. The van der Waals surface area contributed by atoms with Crippen molar-refractivity contribution in [2.45, 2.75) is 38.1 Å². The molecule has 3 aromatic rings. The highest BCUT2D eigenvalue weighted by atomic mass is 32.3. The first-order valence-electron chi connectivity index (χ1n) is 14.0. The van der Waals surface area contributed by atoms with E-state index in [0.717, 1.165) is 22.2 Å². The number of carboxylic acids is 1. The van der Waals surface area contributed by atoms with Crippen molar-refractivity contribution in [1.29, 1.82) is 0 Å². The van der Waals surface area contributed by atoms with Gasteiger partial charge in [-0.2, -0.15) is 14.0 Å². The van der Waals surface area contributed by atoms with Crippen LogP contribution in [0.15, 0.2) is 34.9 Å². The fraction of sp³-hybridized carbons (Fsp3) is 0.423. The molecule has 0 radical (unpaired) electrons. The molecular weight excluding hydrogens is 678 g/mol. The number of β-lactam (4-membered cyclic amide) rings is 1. The second-order valence-corrected chi connectivity index (χ2v) is 13.5. The van der Waals surface area contributed by atoms with Crippen molar-refractivity contribution < 1.29 is 55.8 Å². The number of primary amides is 1. The molecule has 48 heavy (non-hydrogen) atoms. The zero-order valence-electron chi connectivity index (χ0n) is 25.6. The Kier molecular flexibility index (Phi) is 9.05. The summed E-state index contributed by atoms with van der Waals surface area (Å²) >= 11 is 0.939. The summed E-state index contributed by atoms with van der Waals surface area (Å²) in [4.78, 5) is 59.0. The van der Waals surface area contributed by atoms with Crippen LogP contribution in [0.25, 0.3) is 10.9 Å². The van der Waals surface area contributed by atoms with Crippen LogP contribution in [0.5, 0.6) is 5.75 Å². The number of nitrogens with zero attached hydrogens (tertiary/aromatic N) is 5. The van der Waals surface area contributed by atoms with Crippen LogP contribution in [0.3, 0.4) is 0 Å². The van der Waals surface area contributed by atoms with Crippen LogP contribution >= 0.6 is 11.3 Å². The molecule has 7 N–H and O–H groups in total. The van der Waals surface area contributed by atoms with E-state index in [1.807, 2.05) is 22.6 Å². The van der Waals surface area contributed by atoms with Crippen LogP contribution in [-0.2, 0) is 52.3 Å². The van der Waals surface area contributed by atoms with E-state index < -0.39 is 69.5 Å².